The van der Waals surface area contributed by atoms with E-state index in [1.165, 1.54) is 154 Å². The molecule has 9 heteroatoms. The molecule has 1 rings (SSSR count). The van der Waals surface area contributed by atoms with Crippen molar-refractivity contribution in [3.8, 4) is 0 Å². The summed E-state index contributed by atoms with van der Waals surface area (Å²) in [6.45, 7) is 3.72. The fourth-order valence-corrected chi connectivity index (χ4v) is 7.72. The first-order valence-corrected chi connectivity index (χ1v) is 24.7. The van der Waals surface area contributed by atoms with Crippen LogP contribution in [0.15, 0.2) is 36.5 Å². The number of nitrogens with one attached hydrogen (secondary N) is 1. The summed E-state index contributed by atoms with van der Waals surface area (Å²) in [5.74, 6) is -0.196. The van der Waals surface area contributed by atoms with Gasteiger partial charge in [-0.3, -0.25) is 4.79 Å². The van der Waals surface area contributed by atoms with Gasteiger partial charge in [0.15, 0.2) is 6.29 Å². The summed E-state index contributed by atoms with van der Waals surface area (Å²) in [5.41, 5.74) is 0. The topological polar surface area (TPSA) is 149 Å². The van der Waals surface area contributed by atoms with E-state index in [1.807, 2.05) is 6.08 Å². The maximum absolute atomic E-state index is 12.8. The molecule has 1 aliphatic rings. The van der Waals surface area contributed by atoms with E-state index in [0.717, 1.165) is 44.9 Å². The molecule has 7 atom stereocenters. The Labute approximate surface area is 361 Å². The van der Waals surface area contributed by atoms with Crippen molar-refractivity contribution in [1.29, 1.82) is 0 Å². The fourth-order valence-electron chi connectivity index (χ4n) is 7.72. The number of hydrogen-bond donors (Lipinski definition) is 6. The SMILES string of the molecule is CCCCCCCCCCCCCCCCCCCC/C=C/CC/C=C/CC/C=C/C(O)C(COC1OC(CO)C(O)C(O)C1O)NC(=O)CCCCCCCCCC. The lowest BCUT2D eigenvalue weighted by molar-refractivity contribution is -0.302. The Morgan fingerprint density at radius 2 is 0.966 bits per heavy atom. The average Bonchev–Trinajstić information content (AvgIpc) is 3.23. The first kappa shape index (κ1) is 55.4. The van der Waals surface area contributed by atoms with Crippen molar-refractivity contribution in [3.63, 3.8) is 0 Å². The van der Waals surface area contributed by atoms with E-state index in [-0.39, 0.29) is 12.5 Å². The quantitative estimate of drug-likeness (QED) is 0.0263. The highest BCUT2D eigenvalue weighted by molar-refractivity contribution is 5.76. The first-order valence-electron chi connectivity index (χ1n) is 24.7. The van der Waals surface area contributed by atoms with E-state index < -0.39 is 49.5 Å². The van der Waals surface area contributed by atoms with Crippen molar-refractivity contribution in [2.45, 2.75) is 262 Å². The molecule has 0 spiro atoms. The number of aliphatic hydroxyl groups excluding tert-OH is 5. The third kappa shape index (κ3) is 31.0. The third-order valence-electron chi connectivity index (χ3n) is 11.7. The number of unbranched alkanes of at least 4 members (excludes halogenated alkanes) is 27. The molecule has 1 saturated heterocycles. The molecule has 1 aliphatic heterocycles. The van der Waals surface area contributed by atoms with Crippen molar-refractivity contribution in [2.24, 2.45) is 0 Å². The summed E-state index contributed by atoms with van der Waals surface area (Å²) in [6.07, 6.45) is 43.8. The number of rotatable bonds is 41. The van der Waals surface area contributed by atoms with Crippen LogP contribution in [-0.2, 0) is 14.3 Å². The van der Waals surface area contributed by atoms with Gasteiger partial charge in [-0.2, -0.15) is 0 Å². The number of ether oxygens (including phenoxy) is 2. The highest BCUT2D eigenvalue weighted by atomic mass is 16.7. The van der Waals surface area contributed by atoms with Crippen molar-refractivity contribution in [2.75, 3.05) is 13.2 Å². The molecule has 1 amide bonds. The lowest BCUT2D eigenvalue weighted by atomic mass is 9.99. The lowest BCUT2D eigenvalue weighted by Gasteiger charge is -2.40. The zero-order valence-electron chi connectivity index (χ0n) is 38.0. The lowest BCUT2D eigenvalue weighted by Crippen LogP contribution is -2.60. The van der Waals surface area contributed by atoms with Crippen molar-refractivity contribution in [3.05, 3.63) is 36.5 Å². The summed E-state index contributed by atoms with van der Waals surface area (Å²) >= 11 is 0. The average molecular weight is 836 g/mol. The summed E-state index contributed by atoms with van der Waals surface area (Å²) in [5, 5.41) is 54.0. The van der Waals surface area contributed by atoms with Gasteiger partial charge in [-0.15, -0.1) is 0 Å². The summed E-state index contributed by atoms with van der Waals surface area (Å²) in [7, 11) is 0. The van der Waals surface area contributed by atoms with Gasteiger partial charge in [0.2, 0.25) is 5.91 Å². The molecule has 0 aromatic heterocycles. The zero-order chi connectivity index (χ0) is 43.0. The number of hydrogen-bond acceptors (Lipinski definition) is 8. The Morgan fingerprint density at radius 1 is 0.559 bits per heavy atom. The maximum atomic E-state index is 12.8. The highest BCUT2D eigenvalue weighted by Crippen LogP contribution is 2.23. The van der Waals surface area contributed by atoms with Gasteiger partial charge in [0.05, 0.1) is 25.4 Å². The normalized spacial score (nSPS) is 21.0. The van der Waals surface area contributed by atoms with E-state index in [1.54, 1.807) is 6.08 Å². The Balaban J connectivity index is 2.22. The third-order valence-corrected chi connectivity index (χ3v) is 11.7. The second-order valence-electron chi connectivity index (χ2n) is 17.2. The Morgan fingerprint density at radius 3 is 1.42 bits per heavy atom. The molecule has 9 nitrogen and oxygen atoms in total. The van der Waals surface area contributed by atoms with E-state index in [2.05, 4.69) is 43.5 Å². The Hall–Kier alpha value is -1.59. The molecule has 7 unspecified atom stereocenters. The van der Waals surface area contributed by atoms with Crippen LogP contribution in [-0.4, -0.2) is 87.5 Å². The second-order valence-corrected chi connectivity index (χ2v) is 17.2. The zero-order valence-corrected chi connectivity index (χ0v) is 38.0. The fraction of sp³-hybridized carbons (Fsp3) is 0.860. The van der Waals surface area contributed by atoms with Crippen LogP contribution in [0.25, 0.3) is 0 Å². The molecule has 0 bridgehead atoms. The van der Waals surface area contributed by atoms with Crippen LogP contribution in [0.3, 0.4) is 0 Å². The van der Waals surface area contributed by atoms with E-state index in [9.17, 15) is 30.3 Å². The second kappa shape index (κ2) is 40.5. The minimum atomic E-state index is -1.57. The van der Waals surface area contributed by atoms with E-state index >= 15 is 0 Å². The molecular weight excluding hydrogens is 743 g/mol. The van der Waals surface area contributed by atoms with Crippen molar-refractivity contribution >= 4 is 5.91 Å². The van der Waals surface area contributed by atoms with Crippen molar-refractivity contribution < 1.29 is 39.8 Å². The van der Waals surface area contributed by atoms with Crippen LogP contribution in [0.4, 0.5) is 0 Å². The smallest absolute Gasteiger partial charge is 0.220 e. The number of amides is 1. The Bertz CT molecular complexity index is 1020. The molecule has 6 N–H and O–H groups in total. The largest absolute Gasteiger partial charge is 0.394 e. The van der Waals surface area contributed by atoms with Gasteiger partial charge >= 0.3 is 0 Å². The van der Waals surface area contributed by atoms with Gasteiger partial charge in [-0.25, -0.2) is 0 Å². The van der Waals surface area contributed by atoms with E-state index in [4.69, 9.17) is 9.47 Å². The molecule has 0 saturated carbocycles. The predicted octanol–water partition coefficient (Wildman–Crippen LogP) is 10.8. The first-order chi connectivity index (χ1) is 28.8. The van der Waals surface area contributed by atoms with Crippen LogP contribution >= 0.6 is 0 Å². The monoisotopic (exact) mass is 836 g/mol. The number of carbonyl (C=O) groups is 1. The summed E-state index contributed by atoms with van der Waals surface area (Å²) in [4.78, 5) is 12.8. The molecule has 59 heavy (non-hydrogen) atoms. The van der Waals surface area contributed by atoms with Crippen molar-refractivity contribution in [1.82, 2.24) is 5.32 Å². The molecule has 1 fully saturated rings. The van der Waals surface area contributed by atoms with Gasteiger partial charge in [-0.05, 0) is 44.9 Å². The van der Waals surface area contributed by atoms with Crippen LogP contribution in [0.2, 0.25) is 0 Å². The molecule has 0 aliphatic carbocycles. The predicted molar refractivity (Wildman–Crippen MR) is 244 cm³/mol. The van der Waals surface area contributed by atoms with Gasteiger partial charge in [0, 0.05) is 6.42 Å². The van der Waals surface area contributed by atoms with Gasteiger partial charge in [0.1, 0.15) is 24.4 Å². The van der Waals surface area contributed by atoms with Crippen LogP contribution in [0.5, 0.6) is 0 Å². The Kier molecular flexibility index (Phi) is 38.0. The van der Waals surface area contributed by atoms with E-state index in [0.29, 0.717) is 6.42 Å². The summed E-state index contributed by atoms with van der Waals surface area (Å²) < 4.78 is 11.2. The molecule has 1 heterocycles. The molecule has 0 aromatic carbocycles. The molecule has 0 radical (unpaired) electrons. The molecule has 346 valence electrons. The highest BCUT2D eigenvalue weighted by Gasteiger charge is 2.44. The summed E-state index contributed by atoms with van der Waals surface area (Å²) in [6, 6.07) is -0.823. The standard InChI is InChI=1S/C50H93NO8/c1-3-5-7-9-11-13-14-15-16-17-18-19-20-21-22-23-24-25-26-27-28-29-30-31-32-33-35-37-39-44(53)43(51-46(54)40-38-36-34-12-10-8-6-4-2)42-58-50-49(57)48(56)47(55)45(41-52)59-50/h27-28,31-32,37,39,43-45,47-50,52-53,55-57H,3-26,29-30,33-36,38,40-42H2,1-2H3,(H,51,54)/b28-27+,32-31+,39-37+. The minimum Gasteiger partial charge on any atom is -0.394 e. The minimum absolute atomic E-state index is 0.196. The van der Waals surface area contributed by atoms with Crippen LogP contribution < -0.4 is 5.32 Å². The van der Waals surface area contributed by atoms with Crippen LogP contribution in [0.1, 0.15) is 219 Å². The number of aliphatic hydroxyl groups is 5. The molecule has 0 aromatic rings. The van der Waals surface area contributed by atoms with Gasteiger partial charge in [0.25, 0.3) is 0 Å². The van der Waals surface area contributed by atoms with Gasteiger partial charge in [-0.1, -0.05) is 204 Å². The number of carbonyl (C=O) groups excluding carboxylic acids is 1. The van der Waals surface area contributed by atoms with Crippen LogP contribution in [0, 0.1) is 0 Å². The maximum Gasteiger partial charge on any atom is 0.220 e. The molecular formula is C50H93NO8. The number of allylic oxidation sites excluding steroid dienone is 5. The van der Waals surface area contributed by atoms with Gasteiger partial charge < -0.3 is 40.3 Å².